The van der Waals surface area contributed by atoms with Crippen LogP contribution in [0.1, 0.15) is 0 Å². The molecule has 294 valence electrons. The minimum Gasteiger partial charge on any atom is -0.394 e. The molecule has 50 heavy (non-hydrogen) atoms. The minimum absolute atomic E-state index is 0.317. The van der Waals surface area contributed by atoms with E-state index in [0.717, 1.165) is 6.21 Å². The second-order valence-corrected chi connectivity index (χ2v) is 12.7. The SMILES string of the molecule is O=P(O)(O)OC[C@H]1OC(OCCO/N=C\[C@@H](O)[C@H](O)O[C@@H](/C=N/OCCOC2O[C@H](COP(=O)(O)O)[C@@H](O)[C@H](O)[C@@H]2O)CO)[C@@H](O)[C@@H](O)[C@@H]1O. The number of phosphoric acid groups is 2. The average molecular weight is 781 g/mol. The molecule has 13 N–H and O–H groups in total. The molecule has 28 heteroatoms. The summed E-state index contributed by atoms with van der Waals surface area (Å²) in [6.45, 7) is -3.77. The van der Waals surface area contributed by atoms with Crippen molar-refractivity contribution >= 4 is 28.1 Å². The van der Waals surface area contributed by atoms with Crippen molar-refractivity contribution in [2.75, 3.05) is 46.2 Å². The van der Waals surface area contributed by atoms with Gasteiger partial charge >= 0.3 is 15.6 Å². The summed E-state index contributed by atoms with van der Waals surface area (Å²) in [4.78, 5) is 44.9. The first-order valence-electron chi connectivity index (χ1n) is 14.3. The first-order valence-corrected chi connectivity index (χ1v) is 17.4. The van der Waals surface area contributed by atoms with Crippen molar-refractivity contribution in [3.63, 3.8) is 0 Å². The number of phosphoric ester groups is 2. The molecule has 2 unspecified atom stereocenters. The Morgan fingerprint density at radius 2 is 1.06 bits per heavy atom. The quantitative estimate of drug-likeness (QED) is 0.0160. The van der Waals surface area contributed by atoms with Crippen LogP contribution in [-0.4, -0.2) is 204 Å². The molecule has 0 aliphatic carbocycles. The van der Waals surface area contributed by atoms with Crippen LogP contribution in [0.25, 0.3) is 0 Å². The topological polar surface area (TPSA) is 405 Å². The summed E-state index contributed by atoms with van der Waals surface area (Å²) in [5.74, 6) is 0. The highest BCUT2D eigenvalue weighted by Gasteiger charge is 2.46. The number of hydrogen-bond acceptors (Lipinski definition) is 22. The molecular weight excluding hydrogens is 738 g/mol. The number of hydrogen-bond donors (Lipinski definition) is 13. The number of ether oxygens (including phenoxy) is 5. The number of nitrogens with zero attached hydrogens (tertiary/aromatic N) is 2. The molecule has 0 aromatic carbocycles. The minimum atomic E-state index is -4.92. The van der Waals surface area contributed by atoms with Crippen molar-refractivity contribution in [1.82, 2.24) is 0 Å². The van der Waals surface area contributed by atoms with Gasteiger partial charge in [0.2, 0.25) is 0 Å². The zero-order valence-electron chi connectivity index (χ0n) is 25.7. The van der Waals surface area contributed by atoms with Gasteiger partial charge < -0.3 is 98.9 Å². The van der Waals surface area contributed by atoms with Crippen molar-refractivity contribution in [3.8, 4) is 0 Å². The van der Waals surface area contributed by atoms with Gasteiger partial charge in [0.1, 0.15) is 74.3 Å². The lowest BCUT2D eigenvalue weighted by molar-refractivity contribution is -0.301. The van der Waals surface area contributed by atoms with E-state index in [2.05, 4.69) is 19.4 Å². The van der Waals surface area contributed by atoms with Gasteiger partial charge in [0.05, 0.1) is 45.5 Å². The van der Waals surface area contributed by atoms with E-state index in [1.54, 1.807) is 0 Å². The van der Waals surface area contributed by atoms with Gasteiger partial charge in [-0.25, -0.2) is 9.13 Å². The average Bonchev–Trinajstić information content (AvgIpc) is 3.04. The summed E-state index contributed by atoms with van der Waals surface area (Å²) >= 11 is 0. The van der Waals surface area contributed by atoms with E-state index in [1.165, 1.54) is 0 Å². The summed E-state index contributed by atoms with van der Waals surface area (Å²) in [7, 11) is -9.85. The maximum Gasteiger partial charge on any atom is 0.469 e. The third-order valence-corrected chi connectivity index (χ3v) is 7.41. The molecule has 2 heterocycles. The highest BCUT2D eigenvalue weighted by Crippen LogP contribution is 2.38. The zero-order valence-corrected chi connectivity index (χ0v) is 27.5. The normalized spacial score (nSPS) is 33.1. The molecule has 0 bridgehead atoms. The summed E-state index contributed by atoms with van der Waals surface area (Å²) in [6, 6.07) is 0. The second-order valence-electron chi connectivity index (χ2n) is 10.3. The van der Waals surface area contributed by atoms with E-state index < -0.39 is 115 Å². The summed E-state index contributed by atoms with van der Waals surface area (Å²) < 4.78 is 55.9. The van der Waals surface area contributed by atoms with E-state index >= 15 is 0 Å². The van der Waals surface area contributed by atoms with Gasteiger partial charge in [-0.15, -0.1) is 0 Å². The fourth-order valence-corrected chi connectivity index (χ4v) is 4.59. The fraction of sp³-hybridized carbons (Fsp3) is 0.909. The lowest BCUT2D eigenvalue weighted by Gasteiger charge is -2.40. The van der Waals surface area contributed by atoms with Crippen LogP contribution in [0, 0.1) is 0 Å². The van der Waals surface area contributed by atoms with Crippen LogP contribution < -0.4 is 0 Å². The number of oxime groups is 2. The van der Waals surface area contributed by atoms with Crippen molar-refractivity contribution in [3.05, 3.63) is 0 Å². The Morgan fingerprint density at radius 1 is 0.640 bits per heavy atom. The van der Waals surface area contributed by atoms with Crippen LogP contribution in [0.15, 0.2) is 10.3 Å². The highest BCUT2D eigenvalue weighted by molar-refractivity contribution is 7.46. The van der Waals surface area contributed by atoms with Crippen LogP contribution in [-0.2, 0) is 51.5 Å². The van der Waals surface area contributed by atoms with Crippen LogP contribution in [0.4, 0.5) is 0 Å². The molecule has 2 saturated heterocycles. The molecule has 2 fully saturated rings. The van der Waals surface area contributed by atoms with Gasteiger partial charge in [0.25, 0.3) is 0 Å². The monoisotopic (exact) mass is 780 g/mol. The van der Waals surface area contributed by atoms with Crippen LogP contribution in [0.2, 0.25) is 0 Å². The fourth-order valence-electron chi connectivity index (χ4n) is 3.91. The predicted molar refractivity (Wildman–Crippen MR) is 154 cm³/mol. The lowest BCUT2D eigenvalue weighted by atomic mass is 9.99. The van der Waals surface area contributed by atoms with Crippen molar-refractivity contribution in [2.45, 2.75) is 79.9 Å². The lowest BCUT2D eigenvalue weighted by Crippen LogP contribution is -2.59. The van der Waals surface area contributed by atoms with Gasteiger partial charge in [-0.3, -0.25) is 9.05 Å². The van der Waals surface area contributed by atoms with Crippen molar-refractivity contribution < 1.29 is 117 Å². The Kier molecular flexibility index (Phi) is 19.1. The Balaban J connectivity index is 1.68. The summed E-state index contributed by atoms with van der Waals surface area (Å²) in [6.07, 6.45) is -20.2. The van der Waals surface area contributed by atoms with Crippen LogP contribution in [0.5, 0.6) is 0 Å². The maximum atomic E-state index is 10.9. The van der Waals surface area contributed by atoms with Gasteiger partial charge in [0.15, 0.2) is 18.9 Å². The van der Waals surface area contributed by atoms with Crippen molar-refractivity contribution in [2.24, 2.45) is 10.3 Å². The van der Waals surface area contributed by atoms with Crippen LogP contribution in [0.3, 0.4) is 0 Å². The van der Waals surface area contributed by atoms with Gasteiger partial charge in [0, 0.05) is 0 Å². The molecule has 0 aromatic rings. The second kappa shape index (κ2) is 21.3. The standard InChI is InChI=1S/C22H42N2O24P2/c25-7-10(5-23-42-3-1-40-21-18(31)16(29)14(27)12(47-21)8-44-49(34,35)36)46-20(33)11(26)6-24-43-4-2-41-22-19(32)17(30)15(28)13(48-22)9-45-50(37,38)39/h5-6,10-22,25-33H,1-4,7-9H2,(H2,34,35,36)(H2,37,38,39)/b23-5+,24-6-/t10-,11+,12+,13+,14+,15+,16-,17-,18-,19-,20+,21?,22?/m0/s1. The first kappa shape index (κ1) is 44.8. The predicted octanol–water partition coefficient (Wildman–Crippen LogP) is -7.08. The largest absolute Gasteiger partial charge is 0.469 e. The molecule has 0 aromatic heterocycles. The Bertz CT molecular complexity index is 1130. The zero-order chi connectivity index (χ0) is 37.6. The summed E-state index contributed by atoms with van der Waals surface area (Å²) in [5.41, 5.74) is 0. The smallest absolute Gasteiger partial charge is 0.394 e. The first-order chi connectivity index (χ1) is 23.3. The Hall–Kier alpha value is -1.40. The molecule has 13 atom stereocenters. The van der Waals surface area contributed by atoms with E-state index in [4.69, 9.17) is 52.9 Å². The number of aliphatic hydroxyl groups excluding tert-OH is 9. The molecule has 2 aliphatic heterocycles. The molecule has 0 amide bonds. The number of aliphatic hydroxyl groups is 9. The van der Waals surface area contributed by atoms with E-state index in [1.807, 2.05) is 0 Å². The van der Waals surface area contributed by atoms with Gasteiger partial charge in [-0.05, 0) is 0 Å². The number of rotatable bonds is 22. The van der Waals surface area contributed by atoms with Crippen molar-refractivity contribution in [1.29, 1.82) is 0 Å². The summed E-state index contributed by atoms with van der Waals surface area (Å²) in [5, 5.41) is 95.9. The molecule has 26 nitrogen and oxygen atoms in total. The maximum absolute atomic E-state index is 10.9. The molecule has 0 spiro atoms. The van der Waals surface area contributed by atoms with E-state index in [9.17, 15) is 55.1 Å². The Morgan fingerprint density at radius 3 is 1.46 bits per heavy atom. The molecule has 2 aliphatic rings. The van der Waals surface area contributed by atoms with Crippen LogP contribution >= 0.6 is 15.6 Å². The molecule has 0 saturated carbocycles. The molecule has 0 radical (unpaired) electrons. The van der Waals surface area contributed by atoms with Gasteiger partial charge in [-0.2, -0.15) is 0 Å². The Labute approximate surface area is 282 Å². The van der Waals surface area contributed by atoms with E-state index in [-0.39, 0.29) is 26.4 Å². The highest BCUT2D eigenvalue weighted by atomic mass is 31.2. The molecular formula is C22H42N2O24P2. The van der Waals surface area contributed by atoms with Gasteiger partial charge in [-0.1, -0.05) is 10.3 Å². The third-order valence-electron chi connectivity index (χ3n) is 6.44. The molecule has 2 rings (SSSR count). The third kappa shape index (κ3) is 15.7. The van der Waals surface area contributed by atoms with E-state index in [0.29, 0.717) is 6.21 Å².